The second kappa shape index (κ2) is 9.69. The quantitative estimate of drug-likeness (QED) is 0.450. The van der Waals surface area contributed by atoms with Crippen molar-refractivity contribution < 1.29 is 56.8 Å². The Labute approximate surface area is 187 Å². The van der Waals surface area contributed by atoms with Gasteiger partial charge < -0.3 is 29.7 Å². The first kappa shape index (κ1) is 25.6. The maximum absolute atomic E-state index is 10.5. The summed E-state index contributed by atoms with van der Waals surface area (Å²) in [5.41, 5.74) is 2.02. The van der Waals surface area contributed by atoms with E-state index in [0.29, 0.717) is 6.04 Å². The van der Waals surface area contributed by atoms with Gasteiger partial charge in [0.1, 0.15) is 18.3 Å². The molecule has 2 bridgehead atoms. The van der Waals surface area contributed by atoms with Gasteiger partial charge in [-0.2, -0.15) is 31.3 Å². The Bertz CT molecular complexity index is 1010. The van der Waals surface area contributed by atoms with Gasteiger partial charge >= 0.3 is 12.4 Å². The molecule has 3 heterocycles. The Kier molecular flexibility index (Phi) is 7.30. The Morgan fingerprint density at radius 1 is 1.00 bits per heavy atom. The smallest absolute Gasteiger partial charge is 0.430 e. The molecule has 3 fully saturated rings. The minimum absolute atomic E-state index is 0.596. The molecule has 3 atom stereocenters. The van der Waals surface area contributed by atoms with E-state index in [9.17, 15) is 26.3 Å². The van der Waals surface area contributed by atoms with Crippen LogP contribution in [0.2, 0.25) is 0 Å². The molecule has 34 heavy (non-hydrogen) atoms. The normalized spacial score (nSPS) is 23.6. The fourth-order valence-electron chi connectivity index (χ4n) is 4.02. The topological polar surface area (TPSA) is 157 Å². The van der Waals surface area contributed by atoms with Gasteiger partial charge in [-0.25, -0.2) is 9.97 Å². The van der Waals surface area contributed by atoms with Crippen LogP contribution in [0.25, 0.3) is 11.2 Å². The minimum atomic E-state index is -5.19. The summed E-state index contributed by atoms with van der Waals surface area (Å²) in [6.07, 6.45) is -1.47. The van der Waals surface area contributed by atoms with Gasteiger partial charge in [-0.05, 0) is 0 Å². The van der Waals surface area contributed by atoms with E-state index in [1.807, 2.05) is 6.33 Å². The number of quaternary nitrogens is 2. The van der Waals surface area contributed by atoms with Crippen molar-refractivity contribution >= 4 is 28.9 Å². The lowest BCUT2D eigenvalue weighted by Gasteiger charge is -2.21. The fraction of sp³-hybridized carbons (Fsp3) is 0.611. The van der Waals surface area contributed by atoms with Crippen LogP contribution < -0.4 is 20.8 Å². The van der Waals surface area contributed by atoms with E-state index in [1.54, 1.807) is 6.33 Å². The van der Waals surface area contributed by atoms with Gasteiger partial charge in [0.15, 0.2) is 11.2 Å². The number of carboxylic acids is 2. The number of hydrogen-bond donors (Lipinski definition) is 2. The van der Waals surface area contributed by atoms with Gasteiger partial charge in [-0.1, -0.05) is 0 Å². The maximum atomic E-state index is 10.5. The standard InChI is InChI=1S/C14H18N6.2C2HF3O2/c1-2-9(1)19-13-12-14(17-6-16-13)20(7-18-12)11-4-10-3-8(11)5-15-10;2*3-2(4,5)1(6)7/h6-11,15H,1-5H2,(H,16,17,19);2*(H,6,7)/t8-,10-,11?;;/m1../s1. The van der Waals surface area contributed by atoms with Crippen molar-refractivity contribution in [3.63, 3.8) is 0 Å². The van der Waals surface area contributed by atoms with Crippen LogP contribution in [-0.2, 0) is 9.59 Å². The summed E-state index contributed by atoms with van der Waals surface area (Å²) in [7, 11) is 0. The van der Waals surface area contributed by atoms with Crippen molar-refractivity contribution in [3.05, 3.63) is 12.7 Å². The number of rotatable bonds is 3. The Morgan fingerprint density at radius 2 is 1.59 bits per heavy atom. The summed E-state index contributed by atoms with van der Waals surface area (Å²) in [4.78, 5) is 31.1. The predicted molar refractivity (Wildman–Crippen MR) is 94.4 cm³/mol. The first-order chi connectivity index (χ1) is 15.8. The van der Waals surface area contributed by atoms with Crippen molar-refractivity contribution in [1.29, 1.82) is 0 Å². The first-order valence-corrected chi connectivity index (χ1v) is 10.2. The molecule has 2 aliphatic carbocycles. The monoisotopic (exact) mass is 498 g/mol. The number of fused-ring (bicyclic) bond motifs is 3. The number of carboxylic acid groups (broad SMARTS) is 2. The summed E-state index contributed by atoms with van der Waals surface area (Å²) >= 11 is 0. The summed E-state index contributed by atoms with van der Waals surface area (Å²) in [5, 5.41) is 22.3. The molecule has 0 radical (unpaired) electrons. The molecule has 0 spiro atoms. The number of nitrogens with zero attached hydrogens (tertiary/aromatic N) is 4. The molecule has 2 aromatic heterocycles. The molecule has 2 saturated carbocycles. The zero-order chi connectivity index (χ0) is 25.3. The van der Waals surface area contributed by atoms with Gasteiger partial charge in [0.25, 0.3) is 5.82 Å². The Morgan fingerprint density at radius 3 is 2.03 bits per heavy atom. The molecule has 10 nitrogen and oxygen atoms in total. The van der Waals surface area contributed by atoms with E-state index in [-0.39, 0.29) is 0 Å². The van der Waals surface area contributed by atoms with E-state index >= 15 is 0 Å². The van der Waals surface area contributed by atoms with E-state index in [4.69, 9.17) is 19.8 Å². The van der Waals surface area contributed by atoms with Crippen LogP contribution in [0, 0.1) is 5.92 Å². The number of alkyl halides is 6. The van der Waals surface area contributed by atoms with Crippen molar-refractivity contribution in [3.8, 4) is 0 Å². The van der Waals surface area contributed by atoms with Crippen LogP contribution in [0.4, 0.5) is 32.2 Å². The number of aromatic nitrogens is 4. The highest BCUT2D eigenvalue weighted by Gasteiger charge is 2.44. The third kappa shape index (κ3) is 6.31. The third-order valence-corrected chi connectivity index (χ3v) is 5.69. The number of carbonyl (C=O) groups is 2. The molecule has 1 saturated heterocycles. The van der Waals surface area contributed by atoms with E-state index in [1.165, 1.54) is 32.2 Å². The van der Waals surface area contributed by atoms with Crippen molar-refractivity contribution in [2.24, 2.45) is 5.92 Å². The highest BCUT2D eigenvalue weighted by molar-refractivity contribution is 5.78. The highest BCUT2D eigenvalue weighted by atomic mass is 19.4. The minimum Gasteiger partial charge on any atom is -0.542 e. The molecular formula is C18H20F6N6O4. The second-order valence-corrected chi connectivity index (χ2v) is 8.19. The number of hydrogen-bond acceptors (Lipinski definition) is 7. The average Bonchev–Trinajstić information content (AvgIpc) is 3.13. The van der Waals surface area contributed by atoms with Crippen molar-refractivity contribution in [2.75, 3.05) is 6.54 Å². The lowest BCUT2D eigenvalue weighted by atomic mass is 10.0. The lowest BCUT2D eigenvalue weighted by molar-refractivity contribution is -0.679. The molecule has 2 aromatic rings. The number of piperidine rings is 1. The van der Waals surface area contributed by atoms with Crippen LogP contribution >= 0.6 is 0 Å². The van der Waals surface area contributed by atoms with E-state index < -0.39 is 24.3 Å². The summed E-state index contributed by atoms with van der Waals surface area (Å²) in [5.74, 6) is -4.19. The van der Waals surface area contributed by atoms with Crippen LogP contribution in [0.3, 0.4) is 0 Å². The van der Waals surface area contributed by atoms with Gasteiger partial charge in [0.2, 0.25) is 0 Å². The molecule has 1 aliphatic heterocycles. The van der Waals surface area contributed by atoms with E-state index in [2.05, 4.69) is 30.2 Å². The molecule has 5 rings (SSSR count). The molecular weight excluding hydrogens is 478 g/mol. The Balaban J connectivity index is 0.000000194. The largest absolute Gasteiger partial charge is 0.542 e. The second-order valence-electron chi connectivity index (χ2n) is 8.19. The zero-order valence-corrected chi connectivity index (χ0v) is 17.3. The van der Waals surface area contributed by atoms with Gasteiger partial charge in [-0.3, -0.25) is 5.32 Å². The molecule has 188 valence electrons. The van der Waals surface area contributed by atoms with Crippen LogP contribution in [-0.4, -0.2) is 62.4 Å². The van der Waals surface area contributed by atoms with Crippen molar-refractivity contribution in [1.82, 2.24) is 19.5 Å². The number of nitrogens with two attached hydrogens (primary N) is 2. The summed E-state index contributed by atoms with van der Waals surface area (Å²) in [6, 6.07) is 2.14. The maximum Gasteiger partial charge on any atom is 0.430 e. The van der Waals surface area contributed by atoms with Gasteiger partial charge in [0, 0.05) is 31.6 Å². The number of aliphatic carboxylic acids is 2. The predicted octanol–water partition coefficient (Wildman–Crippen LogP) is -2.32. The fourth-order valence-corrected chi connectivity index (χ4v) is 4.02. The molecule has 0 amide bonds. The summed E-state index contributed by atoms with van der Waals surface area (Å²) < 4.78 is 65.4. The molecule has 1 unspecified atom stereocenters. The number of carbonyl (C=O) groups excluding carboxylic acids is 2. The van der Waals surface area contributed by atoms with Gasteiger partial charge in [-0.15, -0.1) is 0 Å². The first-order valence-electron chi connectivity index (χ1n) is 10.2. The molecule has 16 heteroatoms. The SMILES string of the molecule is O=C([O-])C(F)(F)F.O=C([O-])C(F)(F)F.c1nc([NH2+]C2CC2)c2ncn(C3C[C@H]4C[C@@H]3C[NH2+]4)c2n1. The zero-order valence-electron chi connectivity index (χ0n) is 17.3. The molecule has 0 aromatic carbocycles. The number of imidazole rings is 1. The Hall–Kier alpha value is -3.01. The van der Waals surface area contributed by atoms with Crippen LogP contribution in [0.5, 0.6) is 0 Å². The van der Waals surface area contributed by atoms with Crippen LogP contribution in [0.15, 0.2) is 12.7 Å². The van der Waals surface area contributed by atoms with Crippen molar-refractivity contribution in [2.45, 2.75) is 56.2 Å². The lowest BCUT2D eigenvalue weighted by Crippen LogP contribution is -2.88. The summed E-state index contributed by atoms with van der Waals surface area (Å²) in [6.45, 7) is 1.27. The van der Waals surface area contributed by atoms with Crippen LogP contribution in [0.1, 0.15) is 31.7 Å². The van der Waals surface area contributed by atoms with E-state index in [0.717, 1.165) is 35.0 Å². The average molecular weight is 498 g/mol. The molecule has 3 aliphatic rings. The third-order valence-electron chi connectivity index (χ3n) is 5.69. The highest BCUT2D eigenvalue weighted by Crippen LogP contribution is 2.38. The van der Waals surface area contributed by atoms with Gasteiger partial charge in [0.05, 0.1) is 31.0 Å². The molecule has 4 N–H and O–H groups in total. The number of halogens is 6.